The van der Waals surface area contributed by atoms with Gasteiger partial charge in [-0.25, -0.2) is 4.39 Å². The number of hydrogen-bond acceptors (Lipinski definition) is 2. The molecule has 1 aromatic carbocycles. The number of amides is 2. The van der Waals surface area contributed by atoms with E-state index < -0.39 is 5.82 Å². The first-order valence-corrected chi connectivity index (χ1v) is 7.88. The summed E-state index contributed by atoms with van der Waals surface area (Å²) < 4.78 is 13.1. The largest absolute Gasteiger partial charge is 0.333 e. The number of anilines is 1. The standard InChI is InChI=1S/C17H26FN3O2/c1-12(2)21(13(3)4)17(23)11-20(5)10-16(22)19-15-8-6-7-14(18)9-15/h6-9,12-13H,10-11H2,1-5H3,(H,19,22)/p+1. The second-order valence-corrected chi connectivity index (χ2v) is 6.36. The van der Waals surface area contributed by atoms with Crippen LogP contribution in [-0.2, 0) is 9.59 Å². The van der Waals surface area contributed by atoms with Gasteiger partial charge in [-0.1, -0.05) is 6.07 Å². The number of carbonyl (C=O) groups excluding carboxylic acids is 2. The Morgan fingerprint density at radius 3 is 2.30 bits per heavy atom. The van der Waals surface area contributed by atoms with Crippen molar-refractivity contribution in [1.82, 2.24) is 4.90 Å². The molecule has 1 unspecified atom stereocenters. The van der Waals surface area contributed by atoms with E-state index in [9.17, 15) is 14.0 Å². The van der Waals surface area contributed by atoms with Gasteiger partial charge in [0.2, 0.25) is 0 Å². The Bertz CT molecular complexity index is 538. The average molecular weight is 324 g/mol. The zero-order valence-corrected chi connectivity index (χ0v) is 14.5. The lowest BCUT2D eigenvalue weighted by atomic mass is 10.2. The van der Waals surface area contributed by atoms with Gasteiger partial charge in [-0.3, -0.25) is 9.59 Å². The molecule has 0 aliphatic carbocycles. The summed E-state index contributed by atoms with van der Waals surface area (Å²) in [7, 11) is 1.79. The van der Waals surface area contributed by atoms with Crippen molar-refractivity contribution in [2.45, 2.75) is 39.8 Å². The highest BCUT2D eigenvalue weighted by Crippen LogP contribution is 2.08. The van der Waals surface area contributed by atoms with Gasteiger partial charge in [-0.15, -0.1) is 0 Å². The van der Waals surface area contributed by atoms with Crippen molar-refractivity contribution in [3.8, 4) is 0 Å². The molecular weight excluding hydrogens is 297 g/mol. The van der Waals surface area contributed by atoms with Crippen molar-refractivity contribution in [2.24, 2.45) is 0 Å². The Balaban J connectivity index is 2.53. The molecule has 0 saturated heterocycles. The van der Waals surface area contributed by atoms with E-state index >= 15 is 0 Å². The molecule has 0 heterocycles. The van der Waals surface area contributed by atoms with Crippen LogP contribution in [0.2, 0.25) is 0 Å². The number of hydrogen-bond donors (Lipinski definition) is 2. The van der Waals surface area contributed by atoms with E-state index in [1.807, 2.05) is 32.6 Å². The van der Waals surface area contributed by atoms with Gasteiger partial charge in [-0.2, -0.15) is 0 Å². The van der Waals surface area contributed by atoms with Crippen LogP contribution in [0, 0.1) is 5.82 Å². The average Bonchev–Trinajstić information content (AvgIpc) is 2.36. The monoisotopic (exact) mass is 324 g/mol. The van der Waals surface area contributed by atoms with Crippen LogP contribution in [0.4, 0.5) is 10.1 Å². The minimum absolute atomic E-state index is 0.0195. The van der Waals surface area contributed by atoms with Gasteiger partial charge in [0.05, 0.1) is 7.05 Å². The van der Waals surface area contributed by atoms with Crippen LogP contribution in [0.5, 0.6) is 0 Å². The predicted octanol–water partition coefficient (Wildman–Crippen LogP) is 0.924. The Morgan fingerprint density at radius 1 is 1.17 bits per heavy atom. The molecule has 0 aliphatic rings. The third-order valence-electron chi connectivity index (χ3n) is 3.42. The maximum Gasteiger partial charge on any atom is 0.279 e. The molecule has 23 heavy (non-hydrogen) atoms. The lowest BCUT2D eigenvalue weighted by molar-refractivity contribution is -0.862. The summed E-state index contributed by atoms with van der Waals surface area (Å²) in [5.41, 5.74) is 0.417. The highest BCUT2D eigenvalue weighted by atomic mass is 19.1. The van der Waals surface area contributed by atoms with Crippen LogP contribution < -0.4 is 10.2 Å². The van der Waals surface area contributed by atoms with E-state index in [0.717, 1.165) is 4.90 Å². The van der Waals surface area contributed by atoms with E-state index in [2.05, 4.69) is 5.32 Å². The molecule has 0 bridgehead atoms. The Labute approximate surface area is 137 Å². The number of carbonyl (C=O) groups is 2. The fourth-order valence-corrected chi connectivity index (χ4v) is 2.63. The van der Waals surface area contributed by atoms with Crippen molar-refractivity contribution in [1.29, 1.82) is 0 Å². The highest BCUT2D eigenvalue weighted by Gasteiger charge is 2.23. The molecule has 1 aromatic rings. The molecule has 128 valence electrons. The van der Waals surface area contributed by atoms with E-state index in [1.165, 1.54) is 18.2 Å². The van der Waals surface area contributed by atoms with Crippen LogP contribution >= 0.6 is 0 Å². The van der Waals surface area contributed by atoms with Crippen LogP contribution in [0.25, 0.3) is 0 Å². The number of rotatable bonds is 7. The number of halogens is 1. The van der Waals surface area contributed by atoms with Crippen molar-refractivity contribution < 1.29 is 18.9 Å². The summed E-state index contributed by atoms with van der Waals surface area (Å²) in [5.74, 6) is -0.629. The Morgan fingerprint density at radius 2 is 1.78 bits per heavy atom. The van der Waals surface area contributed by atoms with Crippen LogP contribution in [0.3, 0.4) is 0 Å². The van der Waals surface area contributed by atoms with Crippen LogP contribution in [-0.4, -0.2) is 48.9 Å². The maximum atomic E-state index is 13.1. The molecular formula is C17H27FN3O2+. The van der Waals surface area contributed by atoms with E-state index in [0.29, 0.717) is 5.69 Å². The molecule has 0 spiro atoms. The van der Waals surface area contributed by atoms with Gasteiger partial charge < -0.3 is 15.1 Å². The zero-order valence-electron chi connectivity index (χ0n) is 14.5. The van der Waals surface area contributed by atoms with E-state index in [4.69, 9.17) is 0 Å². The van der Waals surface area contributed by atoms with Crippen LogP contribution in [0.15, 0.2) is 24.3 Å². The van der Waals surface area contributed by atoms with E-state index in [-0.39, 0.29) is 37.0 Å². The summed E-state index contributed by atoms with van der Waals surface area (Å²) in [6, 6.07) is 5.98. The molecule has 0 aliphatic heterocycles. The summed E-state index contributed by atoms with van der Waals surface area (Å²) in [6.07, 6.45) is 0. The Kier molecular flexibility index (Phi) is 7.16. The molecule has 1 rings (SSSR count). The van der Waals surface area contributed by atoms with Gasteiger partial charge in [0, 0.05) is 17.8 Å². The van der Waals surface area contributed by atoms with Crippen molar-refractivity contribution in [3.05, 3.63) is 30.1 Å². The van der Waals surface area contributed by atoms with Gasteiger partial charge >= 0.3 is 0 Å². The Hall–Kier alpha value is -1.95. The smallest absolute Gasteiger partial charge is 0.279 e. The third kappa shape index (κ3) is 6.36. The molecule has 1 atom stereocenters. The molecule has 5 nitrogen and oxygen atoms in total. The van der Waals surface area contributed by atoms with Gasteiger partial charge in [-0.05, 0) is 45.9 Å². The second-order valence-electron chi connectivity index (χ2n) is 6.36. The number of nitrogens with zero attached hydrogens (tertiary/aromatic N) is 1. The van der Waals surface area contributed by atoms with Crippen LogP contribution in [0.1, 0.15) is 27.7 Å². The topological polar surface area (TPSA) is 53.9 Å². The molecule has 0 aromatic heterocycles. The number of benzene rings is 1. The minimum Gasteiger partial charge on any atom is -0.333 e. The molecule has 2 N–H and O–H groups in total. The lowest BCUT2D eigenvalue weighted by Gasteiger charge is -2.31. The summed E-state index contributed by atoms with van der Waals surface area (Å²) >= 11 is 0. The quantitative estimate of drug-likeness (QED) is 0.784. The normalized spacial score (nSPS) is 12.3. The van der Waals surface area contributed by atoms with Gasteiger partial charge in [0.15, 0.2) is 13.1 Å². The summed E-state index contributed by atoms with van der Waals surface area (Å²) in [6.45, 7) is 8.29. The first-order chi connectivity index (χ1) is 10.7. The fraction of sp³-hybridized carbons (Fsp3) is 0.529. The summed E-state index contributed by atoms with van der Waals surface area (Å²) in [4.78, 5) is 26.9. The molecule has 0 radical (unpaired) electrons. The van der Waals surface area contributed by atoms with Crippen molar-refractivity contribution >= 4 is 17.5 Å². The van der Waals surface area contributed by atoms with Gasteiger partial charge in [0.25, 0.3) is 11.8 Å². The SMILES string of the molecule is CC(C)N(C(=O)C[NH+](C)CC(=O)Nc1cccc(F)c1)C(C)C. The van der Waals surface area contributed by atoms with E-state index in [1.54, 1.807) is 13.1 Å². The summed E-state index contributed by atoms with van der Waals surface area (Å²) in [5, 5.41) is 2.64. The van der Waals surface area contributed by atoms with Crippen molar-refractivity contribution in [2.75, 3.05) is 25.5 Å². The minimum atomic E-state index is -0.400. The predicted molar refractivity (Wildman–Crippen MR) is 88.8 cm³/mol. The lowest BCUT2D eigenvalue weighted by Crippen LogP contribution is -3.11. The zero-order chi connectivity index (χ0) is 17.6. The molecule has 6 heteroatoms. The highest BCUT2D eigenvalue weighted by molar-refractivity contribution is 5.91. The fourth-order valence-electron chi connectivity index (χ4n) is 2.63. The second kappa shape index (κ2) is 8.62. The molecule has 2 amide bonds. The molecule has 0 fully saturated rings. The van der Waals surface area contributed by atoms with Crippen molar-refractivity contribution in [3.63, 3.8) is 0 Å². The number of nitrogens with one attached hydrogen (secondary N) is 2. The van der Waals surface area contributed by atoms with Gasteiger partial charge in [0.1, 0.15) is 5.82 Å². The number of likely N-dealkylation sites (N-methyl/N-ethyl adjacent to an activating group) is 1. The first-order valence-electron chi connectivity index (χ1n) is 7.88. The maximum absolute atomic E-state index is 13.1. The number of quaternary nitrogens is 1. The third-order valence-corrected chi connectivity index (χ3v) is 3.42. The molecule has 0 saturated carbocycles. The first kappa shape index (κ1) is 19.1.